The van der Waals surface area contributed by atoms with Crippen LogP contribution >= 0.6 is 11.3 Å². The van der Waals surface area contributed by atoms with Crippen molar-refractivity contribution in [2.24, 2.45) is 0 Å². The van der Waals surface area contributed by atoms with E-state index in [0.29, 0.717) is 6.42 Å². The average molecular weight is 310 g/mol. The van der Waals surface area contributed by atoms with Crippen molar-refractivity contribution in [2.45, 2.75) is 6.42 Å². The largest absolute Gasteiger partial charge is 0.469 e. The number of furan rings is 1. The third-order valence-corrected chi connectivity index (χ3v) is 4.41. The molecule has 0 fully saturated rings. The molecule has 0 spiro atoms. The van der Waals surface area contributed by atoms with Crippen LogP contribution in [0.15, 0.2) is 58.8 Å². The molecule has 0 aliphatic carbocycles. The van der Waals surface area contributed by atoms with Gasteiger partial charge in [-0.2, -0.15) is 0 Å². The van der Waals surface area contributed by atoms with Gasteiger partial charge in [0.2, 0.25) is 0 Å². The molecule has 1 aromatic carbocycles. The summed E-state index contributed by atoms with van der Waals surface area (Å²) in [5.41, 5.74) is 2.91. The van der Waals surface area contributed by atoms with Gasteiger partial charge in [-0.05, 0) is 29.8 Å². The zero-order valence-corrected chi connectivity index (χ0v) is 12.3. The van der Waals surface area contributed by atoms with E-state index in [2.05, 4.69) is 9.97 Å². The van der Waals surface area contributed by atoms with Crippen molar-refractivity contribution in [3.63, 3.8) is 0 Å². The molecule has 0 bridgehead atoms. The maximum atomic E-state index is 13.1. The van der Waals surface area contributed by atoms with Crippen molar-refractivity contribution < 1.29 is 8.81 Å². The highest BCUT2D eigenvalue weighted by Crippen LogP contribution is 2.35. The molecule has 108 valence electrons. The summed E-state index contributed by atoms with van der Waals surface area (Å²) in [4.78, 5) is 9.68. The first kappa shape index (κ1) is 13.2. The van der Waals surface area contributed by atoms with Crippen LogP contribution in [0, 0.1) is 5.82 Å². The second-order valence-corrected chi connectivity index (χ2v) is 5.77. The van der Waals surface area contributed by atoms with Crippen LogP contribution in [0.4, 0.5) is 4.39 Å². The highest BCUT2D eigenvalue weighted by molar-refractivity contribution is 7.17. The highest BCUT2D eigenvalue weighted by atomic mass is 32.1. The number of nitrogens with zero attached hydrogens (tertiary/aromatic N) is 2. The Kier molecular flexibility index (Phi) is 3.20. The molecule has 5 heteroatoms. The summed E-state index contributed by atoms with van der Waals surface area (Å²) >= 11 is 1.56. The topological polar surface area (TPSA) is 38.9 Å². The molecule has 0 atom stereocenters. The minimum Gasteiger partial charge on any atom is -0.469 e. The minimum absolute atomic E-state index is 0.240. The normalized spacial score (nSPS) is 11.1. The van der Waals surface area contributed by atoms with E-state index in [1.54, 1.807) is 36.1 Å². The van der Waals surface area contributed by atoms with E-state index in [1.807, 2.05) is 17.5 Å². The van der Waals surface area contributed by atoms with Gasteiger partial charge in [-0.3, -0.25) is 0 Å². The van der Waals surface area contributed by atoms with Crippen LogP contribution in [0.2, 0.25) is 0 Å². The molecule has 0 unspecified atom stereocenters. The summed E-state index contributed by atoms with van der Waals surface area (Å²) in [6.45, 7) is 0. The molecule has 22 heavy (non-hydrogen) atoms. The van der Waals surface area contributed by atoms with Crippen molar-refractivity contribution in [2.75, 3.05) is 0 Å². The minimum atomic E-state index is -0.240. The predicted molar refractivity (Wildman–Crippen MR) is 84.3 cm³/mol. The van der Waals surface area contributed by atoms with Gasteiger partial charge in [0.1, 0.15) is 22.7 Å². The second kappa shape index (κ2) is 5.35. The maximum Gasteiger partial charge on any atom is 0.127 e. The predicted octanol–water partition coefficient (Wildman–Crippen LogP) is 4.68. The third kappa shape index (κ3) is 2.29. The van der Waals surface area contributed by atoms with Gasteiger partial charge in [0.25, 0.3) is 0 Å². The Morgan fingerprint density at radius 2 is 1.95 bits per heavy atom. The lowest BCUT2D eigenvalue weighted by molar-refractivity contribution is 0.519. The molecule has 0 N–H and O–H groups in total. The number of fused-ring (bicyclic) bond motifs is 1. The van der Waals surface area contributed by atoms with E-state index < -0.39 is 0 Å². The van der Waals surface area contributed by atoms with E-state index in [-0.39, 0.29) is 5.82 Å². The van der Waals surface area contributed by atoms with Crippen LogP contribution in [0.25, 0.3) is 21.3 Å². The zero-order chi connectivity index (χ0) is 14.9. The summed E-state index contributed by atoms with van der Waals surface area (Å²) in [7, 11) is 0. The molecule has 4 aromatic rings. The third-order valence-electron chi connectivity index (χ3n) is 3.53. The molecule has 3 aromatic heterocycles. The summed E-state index contributed by atoms with van der Waals surface area (Å²) < 4.78 is 18.6. The summed E-state index contributed by atoms with van der Waals surface area (Å²) in [5.74, 6) is 0.617. The molecule has 0 radical (unpaired) electrons. The number of hydrogen-bond donors (Lipinski definition) is 0. The number of rotatable bonds is 3. The van der Waals surface area contributed by atoms with Crippen molar-refractivity contribution in [1.29, 1.82) is 0 Å². The van der Waals surface area contributed by atoms with Crippen LogP contribution in [-0.2, 0) is 6.42 Å². The molecule has 0 aliphatic rings. The van der Waals surface area contributed by atoms with E-state index >= 15 is 0 Å². The standard InChI is InChI=1S/C17H11FN2OS/c18-12-5-3-11(4-6-12)14-9-22-17-16(14)15(19-10-20-17)8-13-2-1-7-21-13/h1-7,9-10H,8H2. The molecule has 0 aliphatic heterocycles. The van der Waals surface area contributed by atoms with Gasteiger partial charge in [-0.25, -0.2) is 14.4 Å². The number of hydrogen-bond acceptors (Lipinski definition) is 4. The van der Waals surface area contributed by atoms with Crippen molar-refractivity contribution in [1.82, 2.24) is 9.97 Å². The molecule has 4 rings (SSSR count). The van der Waals surface area contributed by atoms with E-state index in [1.165, 1.54) is 12.1 Å². The smallest absolute Gasteiger partial charge is 0.127 e. The molecule has 0 amide bonds. The first-order valence-corrected chi connectivity index (χ1v) is 7.68. The van der Waals surface area contributed by atoms with Crippen LogP contribution in [-0.4, -0.2) is 9.97 Å². The fourth-order valence-corrected chi connectivity index (χ4v) is 3.43. The number of halogens is 1. The van der Waals surface area contributed by atoms with Gasteiger partial charge in [0.15, 0.2) is 0 Å². The fourth-order valence-electron chi connectivity index (χ4n) is 2.49. The first-order valence-electron chi connectivity index (χ1n) is 6.80. The summed E-state index contributed by atoms with van der Waals surface area (Å²) in [6, 6.07) is 10.3. The second-order valence-electron chi connectivity index (χ2n) is 4.91. The quantitative estimate of drug-likeness (QED) is 0.551. The van der Waals surface area contributed by atoms with Crippen molar-refractivity contribution in [3.05, 3.63) is 71.6 Å². The number of aromatic nitrogens is 2. The highest BCUT2D eigenvalue weighted by Gasteiger charge is 2.14. The molecule has 3 nitrogen and oxygen atoms in total. The van der Waals surface area contributed by atoms with Gasteiger partial charge >= 0.3 is 0 Å². The lowest BCUT2D eigenvalue weighted by atomic mass is 10.0. The monoisotopic (exact) mass is 310 g/mol. The van der Waals surface area contributed by atoms with Crippen molar-refractivity contribution >= 4 is 21.6 Å². The Morgan fingerprint density at radius 1 is 1.09 bits per heavy atom. The molecule has 0 saturated carbocycles. The average Bonchev–Trinajstić information content (AvgIpc) is 3.18. The van der Waals surface area contributed by atoms with Crippen LogP contribution in [0.5, 0.6) is 0 Å². The fraction of sp³-hybridized carbons (Fsp3) is 0.0588. The Labute approximate surface area is 130 Å². The van der Waals surface area contributed by atoms with E-state index in [4.69, 9.17) is 4.42 Å². The molecule has 0 saturated heterocycles. The van der Waals surface area contributed by atoms with Crippen LogP contribution in [0.1, 0.15) is 11.5 Å². The first-order chi connectivity index (χ1) is 10.8. The van der Waals surface area contributed by atoms with Crippen LogP contribution in [0.3, 0.4) is 0 Å². The Bertz CT molecular complexity index is 914. The van der Waals surface area contributed by atoms with Gasteiger partial charge in [-0.1, -0.05) is 12.1 Å². The Morgan fingerprint density at radius 3 is 2.73 bits per heavy atom. The van der Waals surface area contributed by atoms with E-state index in [9.17, 15) is 4.39 Å². The van der Waals surface area contributed by atoms with Gasteiger partial charge in [-0.15, -0.1) is 11.3 Å². The van der Waals surface area contributed by atoms with Gasteiger partial charge < -0.3 is 4.42 Å². The number of benzene rings is 1. The lowest BCUT2D eigenvalue weighted by Gasteiger charge is -2.04. The SMILES string of the molecule is Fc1ccc(-c2csc3ncnc(Cc4ccco4)c23)cc1. The molecular weight excluding hydrogens is 299 g/mol. The Hall–Kier alpha value is -2.53. The molecule has 3 heterocycles. The van der Waals surface area contributed by atoms with Crippen LogP contribution < -0.4 is 0 Å². The summed E-state index contributed by atoms with van der Waals surface area (Å²) in [6.07, 6.45) is 3.84. The van der Waals surface area contributed by atoms with Gasteiger partial charge in [0, 0.05) is 22.8 Å². The van der Waals surface area contributed by atoms with Gasteiger partial charge in [0.05, 0.1) is 12.0 Å². The van der Waals surface area contributed by atoms with E-state index in [0.717, 1.165) is 32.8 Å². The number of thiophene rings is 1. The Balaban J connectivity index is 1.87. The summed E-state index contributed by atoms with van der Waals surface area (Å²) in [5, 5.41) is 3.05. The lowest BCUT2D eigenvalue weighted by Crippen LogP contribution is -1.93. The molecular formula is C17H11FN2OS. The zero-order valence-electron chi connectivity index (χ0n) is 11.5. The van der Waals surface area contributed by atoms with Crippen molar-refractivity contribution in [3.8, 4) is 11.1 Å². The maximum absolute atomic E-state index is 13.1.